The van der Waals surface area contributed by atoms with E-state index in [0.29, 0.717) is 65.2 Å². The maximum atomic E-state index is 12.4. The van der Waals surface area contributed by atoms with E-state index < -0.39 is 18.2 Å². The minimum atomic E-state index is -0.759. The van der Waals surface area contributed by atoms with E-state index in [9.17, 15) is 14.7 Å². The molecule has 2 fully saturated rings. The number of piperazine rings is 1. The Kier molecular flexibility index (Phi) is 9.12. The number of alkyl carbamates (subject to hydrolysis) is 1. The van der Waals surface area contributed by atoms with Gasteiger partial charge in [-0.15, -0.1) is 0 Å². The molecule has 3 atom stereocenters. The van der Waals surface area contributed by atoms with Gasteiger partial charge in [0.25, 0.3) is 0 Å². The van der Waals surface area contributed by atoms with Gasteiger partial charge in [-0.05, 0) is 18.4 Å². The molecule has 31 heavy (non-hydrogen) atoms. The van der Waals surface area contributed by atoms with Crippen molar-refractivity contribution in [3.8, 4) is 0 Å². The highest BCUT2D eigenvalue weighted by Gasteiger charge is 2.28. The number of benzene rings is 1. The number of nitrogens with one attached hydrogen (secondary N) is 1. The third kappa shape index (κ3) is 7.48. The van der Waals surface area contributed by atoms with Gasteiger partial charge in [0.2, 0.25) is 5.91 Å². The van der Waals surface area contributed by atoms with Crippen LogP contribution in [0.4, 0.5) is 4.79 Å². The highest BCUT2D eigenvalue weighted by atomic mass is 16.6. The highest BCUT2D eigenvalue weighted by Crippen LogP contribution is 2.13. The quantitative estimate of drug-likeness (QED) is 0.612. The monoisotopic (exact) mass is 433 g/mol. The number of β-amino-alcohol motifs (C(OH)–C–C–N with tert-alkyl or cyclic N) is 1. The predicted molar refractivity (Wildman–Crippen MR) is 117 cm³/mol. The van der Waals surface area contributed by atoms with Gasteiger partial charge < -0.3 is 24.8 Å². The summed E-state index contributed by atoms with van der Waals surface area (Å²) in [4.78, 5) is 28.6. The molecule has 0 aromatic heterocycles. The van der Waals surface area contributed by atoms with Crippen LogP contribution in [0.1, 0.15) is 31.7 Å². The van der Waals surface area contributed by atoms with Crippen LogP contribution in [-0.2, 0) is 20.7 Å². The Balaban J connectivity index is 1.54. The Labute approximate surface area is 184 Å². The molecule has 2 saturated heterocycles. The van der Waals surface area contributed by atoms with Gasteiger partial charge in [-0.3, -0.25) is 9.69 Å². The molecule has 2 amide bonds. The molecule has 0 saturated carbocycles. The molecule has 0 unspecified atom stereocenters. The van der Waals surface area contributed by atoms with Crippen molar-refractivity contribution in [1.29, 1.82) is 0 Å². The lowest BCUT2D eigenvalue weighted by atomic mass is 10.0. The first kappa shape index (κ1) is 23.5. The zero-order chi connectivity index (χ0) is 22.1. The van der Waals surface area contributed by atoms with Crippen molar-refractivity contribution in [2.45, 2.75) is 50.9 Å². The van der Waals surface area contributed by atoms with Crippen molar-refractivity contribution in [3.63, 3.8) is 0 Å². The number of carbonyl (C=O) groups excluding carboxylic acids is 2. The third-order valence-corrected chi connectivity index (χ3v) is 5.86. The Hall–Kier alpha value is -2.16. The fourth-order valence-corrected chi connectivity index (χ4v) is 4.04. The molecule has 0 bridgehead atoms. The van der Waals surface area contributed by atoms with Crippen LogP contribution in [0.3, 0.4) is 0 Å². The number of ether oxygens (including phenoxy) is 2. The van der Waals surface area contributed by atoms with Gasteiger partial charge in [0.1, 0.15) is 6.10 Å². The van der Waals surface area contributed by atoms with Crippen LogP contribution in [0.25, 0.3) is 0 Å². The highest BCUT2D eigenvalue weighted by molar-refractivity contribution is 5.76. The van der Waals surface area contributed by atoms with Crippen molar-refractivity contribution >= 4 is 12.0 Å². The number of rotatable bonds is 9. The van der Waals surface area contributed by atoms with Gasteiger partial charge in [0.05, 0.1) is 25.4 Å². The standard InChI is InChI=1S/C23H35N3O5/c1-2-6-22(28)26-12-10-25(11-13-26)16-21(27)20(15-18-7-4-3-5-8-18)24-23(29)31-19-9-14-30-17-19/h3-5,7-8,19-21,27H,2,6,9-17H2,1H3,(H,24,29)/t19-,20-,21+/m0/s1. The number of aliphatic hydroxyl groups excluding tert-OH is 1. The summed E-state index contributed by atoms with van der Waals surface area (Å²) in [7, 11) is 0. The Morgan fingerprint density at radius 1 is 1.23 bits per heavy atom. The number of hydrogen-bond acceptors (Lipinski definition) is 6. The van der Waals surface area contributed by atoms with Gasteiger partial charge >= 0.3 is 6.09 Å². The molecule has 0 spiro atoms. The molecule has 3 rings (SSSR count). The molecule has 0 radical (unpaired) electrons. The smallest absolute Gasteiger partial charge is 0.407 e. The Morgan fingerprint density at radius 3 is 2.61 bits per heavy atom. The minimum Gasteiger partial charge on any atom is -0.444 e. The van der Waals surface area contributed by atoms with E-state index in [2.05, 4.69) is 10.2 Å². The lowest BCUT2D eigenvalue weighted by molar-refractivity contribution is -0.133. The second-order valence-electron chi connectivity index (χ2n) is 8.33. The number of hydrogen-bond donors (Lipinski definition) is 2. The lowest BCUT2D eigenvalue weighted by Crippen LogP contribution is -2.54. The zero-order valence-electron chi connectivity index (χ0n) is 18.4. The molecule has 1 aromatic rings. The summed E-state index contributed by atoms with van der Waals surface area (Å²) in [6, 6.07) is 9.32. The average Bonchev–Trinajstić information content (AvgIpc) is 3.27. The van der Waals surface area contributed by atoms with Crippen molar-refractivity contribution < 1.29 is 24.2 Å². The summed E-state index contributed by atoms with van der Waals surface area (Å²) < 4.78 is 10.7. The fourth-order valence-electron chi connectivity index (χ4n) is 4.04. The van der Waals surface area contributed by atoms with E-state index in [-0.39, 0.29) is 12.0 Å². The van der Waals surface area contributed by atoms with E-state index in [1.807, 2.05) is 42.2 Å². The second-order valence-corrected chi connectivity index (χ2v) is 8.33. The summed E-state index contributed by atoms with van der Waals surface area (Å²) in [5, 5.41) is 13.8. The summed E-state index contributed by atoms with van der Waals surface area (Å²) in [6.07, 6.45) is 1.13. The molecule has 8 nitrogen and oxygen atoms in total. The van der Waals surface area contributed by atoms with E-state index in [1.165, 1.54) is 0 Å². The first-order valence-electron chi connectivity index (χ1n) is 11.3. The SMILES string of the molecule is CCCC(=O)N1CCN(C[C@@H](O)[C@H](Cc2ccccc2)NC(=O)O[C@H]2CCOC2)CC1. The maximum Gasteiger partial charge on any atom is 0.407 e. The molecule has 8 heteroatoms. The first-order valence-corrected chi connectivity index (χ1v) is 11.3. The summed E-state index contributed by atoms with van der Waals surface area (Å²) in [6.45, 7) is 6.23. The van der Waals surface area contributed by atoms with Crippen molar-refractivity contribution in [1.82, 2.24) is 15.1 Å². The minimum absolute atomic E-state index is 0.199. The van der Waals surface area contributed by atoms with Gasteiger partial charge in [-0.25, -0.2) is 4.79 Å². The van der Waals surface area contributed by atoms with E-state index in [1.54, 1.807) is 0 Å². The van der Waals surface area contributed by atoms with Crippen LogP contribution in [0.15, 0.2) is 30.3 Å². The van der Waals surface area contributed by atoms with Gasteiger partial charge in [0.15, 0.2) is 0 Å². The predicted octanol–water partition coefficient (Wildman–Crippen LogP) is 1.42. The number of aliphatic hydroxyl groups is 1. The molecular weight excluding hydrogens is 398 g/mol. The molecule has 1 aromatic carbocycles. The molecule has 2 N–H and O–H groups in total. The normalized spacial score (nSPS) is 21.5. The summed E-state index contributed by atoms with van der Waals surface area (Å²) >= 11 is 0. The molecule has 2 aliphatic heterocycles. The Morgan fingerprint density at radius 2 is 1.97 bits per heavy atom. The van der Waals surface area contributed by atoms with E-state index in [0.717, 1.165) is 12.0 Å². The maximum absolute atomic E-state index is 12.4. The average molecular weight is 434 g/mol. The summed E-state index contributed by atoms with van der Waals surface area (Å²) in [5.41, 5.74) is 1.03. The van der Waals surface area contributed by atoms with Gasteiger partial charge in [0, 0.05) is 45.6 Å². The van der Waals surface area contributed by atoms with Crippen molar-refractivity contribution in [2.24, 2.45) is 0 Å². The molecule has 0 aliphatic carbocycles. The van der Waals surface area contributed by atoms with Crippen molar-refractivity contribution in [3.05, 3.63) is 35.9 Å². The summed E-state index contributed by atoms with van der Waals surface area (Å²) in [5.74, 6) is 0.199. The molecule has 172 valence electrons. The number of amides is 2. The van der Waals surface area contributed by atoms with Crippen molar-refractivity contribution in [2.75, 3.05) is 45.9 Å². The first-order chi connectivity index (χ1) is 15.0. The third-order valence-electron chi connectivity index (χ3n) is 5.86. The van der Waals surface area contributed by atoms with Crippen LogP contribution >= 0.6 is 0 Å². The Bertz CT molecular complexity index is 688. The lowest BCUT2D eigenvalue weighted by Gasteiger charge is -2.37. The van der Waals surface area contributed by atoms with Crippen LogP contribution in [0.2, 0.25) is 0 Å². The van der Waals surface area contributed by atoms with Gasteiger partial charge in [-0.2, -0.15) is 0 Å². The molecule has 2 aliphatic rings. The van der Waals surface area contributed by atoms with Crippen LogP contribution < -0.4 is 5.32 Å². The molecular formula is C23H35N3O5. The van der Waals surface area contributed by atoms with Crippen LogP contribution in [0.5, 0.6) is 0 Å². The molecule has 2 heterocycles. The van der Waals surface area contributed by atoms with E-state index in [4.69, 9.17) is 9.47 Å². The largest absolute Gasteiger partial charge is 0.444 e. The van der Waals surface area contributed by atoms with E-state index >= 15 is 0 Å². The van der Waals surface area contributed by atoms with Crippen LogP contribution in [0, 0.1) is 0 Å². The zero-order valence-corrected chi connectivity index (χ0v) is 18.4. The van der Waals surface area contributed by atoms with Gasteiger partial charge in [-0.1, -0.05) is 37.3 Å². The fraction of sp³-hybridized carbons (Fsp3) is 0.652. The topological polar surface area (TPSA) is 91.3 Å². The van der Waals surface area contributed by atoms with Crippen LogP contribution in [-0.4, -0.2) is 91.1 Å². The second kappa shape index (κ2) is 12.0. The number of carbonyl (C=O) groups is 2. The number of nitrogens with zero attached hydrogens (tertiary/aromatic N) is 2.